The van der Waals surface area contributed by atoms with Crippen LogP contribution in [0.3, 0.4) is 0 Å². The Hall–Kier alpha value is -2.08. The highest BCUT2D eigenvalue weighted by Crippen LogP contribution is 2.37. The highest BCUT2D eigenvalue weighted by molar-refractivity contribution is 7.18. The van der Waals surface area contributed by atoms with Crippen molar-refractivity contribution in [2.24, 2.45) is 5.92 Å². The van der Waals surface area contributed by atoms with Crippen molar-refractivity contribution in [2.75, 3.05) is 18.0 Å². The molecule has 1 aliphatic heterocycles. The second-order valence-corrected chi connectivity index (χ2v) is 8.51. The predicted molar refractivity (Wildman–Crippen MR) is 112 cm³/mol. The number of nitrogens with zero attached hydrogens (tertiary/aromatic N) is 3. The van der Waals surface area contributed by atoms with Crippen molar-refractivity contribution in [1.82, 2.24) is 9.97 Å². The van der Waals surface area contributed by atoms with Gasteiger partial charge in [0, 0.05) is 13.1 Å². The molecule has 1 fully saturated rings. The summed E-state index contributed by atoms with van der Waals surface area (Å²) in [4.78, 5) is 11.6. The lowest BCUT2D eigenvalue weighted by Gasteiger charge is -2.19. The van der Waals surface area contributed by atoms with Gasteiger partial charge in [0.15, 0.2) is 11.6 Å². The van der Waals surface area contributed by atoms with E-state index in [9.17, 15) is 8.78 Å². The zero-order valence-electron chi connectivity index (χ0n) is 16.6. The van der Waals surface area contributed by atoms with Crippen molar-refractivity contribution < 1.29 is 8.78 Å². The lowest BCUT2D eigenvalue weighted by atomic mass is 10.0. The smallest absolute Gasteiger partial charge is 0.165 e. The minimum absolute atomic E-state index is 0.132. The fourth-order valence-electron chi connectivity index (χ4n) is 4.05. The van der Waals surface area contributed by atoms with Crippen LogP contribution in [-0.4, -0.2) is 23.1 Å². The molecule has 3 nitrogen and oxygen atoms in total. The quantitative estimate of drug-likeness (QED) is 0.515. The Morgan fingerprint density at radius 3 is 2.75 bits per heavy atom. The van der Waals surface area contributed by atoms with Crippen LogP contribution in [-0.2, 0) is 6.42 Å². The zero-order valence-corrected chi connectivity index (χ0v) is 17.4. The van der Waals surface area contributed by atoms with Crippen molar-refractivity contribution in [1.29, 1.82) is 0 Å². The van der Waals surface area contributed by atoms with Crippen molar-refractivity contribution in [3.63, 3.8) is 0 Å². The number of thiophene rings is 1. The molecule has 1 saturated heterocycles. The molecule has 1 aromatic carbocycles. The van der Waals surface area contributed by atoms with Crippen LogP contribution in [0.25, 0.3) is 21.6 Å². The molecule has 148 valence electrons. The molecule has 1 atom stereocenters. The summed E-state index contributed by atoms with van der Waals surface area (Å²) in [6.07, 6.45) is 3.98. The molecule has 0 spiro atoms. The van der Waals surface area contributed by atoms with Gasteiger partial charge in [0.25, 0.3) is 0 Å². The van der Waals surface area contributed by atoms with E-state index in [0.717, 1.165) is 41.1 Å². The van der Waals surface area contributed by atoms with Gasteiger partial charge in [-0.25, -0.2) is 18.7 Å². The molecule has 6 heteroatoms. The Balaban J connectivity index is 1.83. The van der Waals surface area contributed by atoms with Gasteiger partial charge in [-0.05, 0) is 60.7 Å². The Morgan fingerprint density at radius 1 is 1.18 bits per heavy atom. The van der Waals surface area contributed by atoms with Gasteiger partial charge in [0.2, 0.25) is 0 Å². The van der Waals surface area contributed by atoms with E-state index in [1.54, 1.807) is 11.3 Å². The average molecular weight is 402 g/mol. The van der Waals surface area contributed by atoms with Crippen LogP contribution in [0.2, 0.25) is 0 Å². The Labute approximate surface area is 168 Å². The molecule has 3 aromatic rings. The van der Waals surface area contributed by atoms with Crippen molar-refractivity contribution in [3.05, 3.63) is 40.3 Å². The maximum Gasteiger partial charge on any atom is 0.165 e. The normalized spacial score (nSPS) is 17.0. The van der Waals surface area contributed by atoms with Crippen LogP contribution in [0.5, 0.6) is 0 Å². The van der Waals surface area contributed by atoms with Gasteiger partial charge < -0.3 is 4.90 Å². The molecule has 0 radical (unpaired) electrons. The molecular formula is C22H25F2N3S. The van der Waals surface area contributed by atoms with Crippen molar-refractivity contribution >= 4 is 27.4 Å². The summed E-state index contributed by atoms with van der Waals surface area (Å²) in [5.74, 6) is 0.910. The van der Waals surface area contributed by atoms with E-state index in [1.807, 2.05) is 13.8 Å². The fraction of sp³-hybridized carbons (Fsp3) is 0.455. The number of anilines is 1. The summed E-state index contributed by atoms with van der Waals surface area (Å²) >= 11 is 1.62. The molecule has 0 aliphatic carbocycles. The number of halogens is 2. The van der Waals surface area contributed by atoms with Crippen LogP contribution < -0.4 is 4.90 Å². The maximum absolute atomic E-state index is 14.7. The van der Waals surface area contributed by atoms with E-state index in [0.29, 0.717) is 17.9 Å². The standard InChI is InChI=1S/C22H25F2N3S/c1-4-6-14-7-8-27(11-14)22-20-19(13(3)12-28-20)25-21(26-22)16-10-17(23)15(5-2)9-18(16)24/h9-10,12,14H,4-8,11H2,1-3H3. The molecule has 3 heterocycles. The van der Waals surface area contributed by atoms with Crippen molar-refractivity contribution in [3.8, 4) is 11.4 Å². The first-order chi connectivity index (χ1) is 13.5. The fourth-order valence-corrected chi connectivity index (χ4v) is 5.06. The molecular weight excluding hydrogens is 376 g/mol. The topological polar surface area (TPSA) is 29.0 Å². The van der Waals surface area contributed by atoms with Gasteiger partial charge in [0.05, 0.1) is 15.8 Å². The zero-order chi connectivity index (χ0) is 19.8. The molecule has 0 bridgehead atoms. The van der Waals surface area contributed by atoms with Gasteiger partial charge >= 0.3 is 0 Å². The average Bonchev–Trinajstić information content (AvgIpc) is 3.30. The highest BCUT2D eigenvalue weighted by atomic mass is 32.1. The first-order valence-corrected chi connectivity index (χ1v) is 10.9. The summed E-state index contributed by atoms with van der Waals surface area (Å²) in [5.41, 5.74) is 2.38. The minimum Gasteiger partial charge on any atom is -0.355 e. The first-order valence-electron chi connectivity index (χ1n) is 10.0. The van der Waals surface area contributed by atoms with Crippen LogP contribution in [0.15, 0.2) is 17.5 Å². The second-order valence-electron chi connectivity index (χ2n) is 7.63. The Bertz CT molecular complexity index is 1010. The molecule has 28 heavy (non-hydrogen) atoms. The van der Waals surface area contributed by atoms with Gasteiger partial charge in [-0.1, -0.05) is 20.3 Å². The Kier molecular flexibility index (Phi) is 5.32. The molecule has 1 aliphatic rings. The summed E-state index contributed by atoms with van der Waals surface area (Å²) in [7, 11) is 0. The maximum atomic E-state index is 14.7. The van der Waals surface area contributed by atoms with E-state index < -0.39 is 11.6 Å². The summed E-state index contributed by atoms with van der Waals surface area (Å²) in [6.45, 7) is 7.93. The van der Waals surface area contributed by atoms with Gasteiger partial charge in [0.1, 0.15) is 11.6 Å². The number of hydrogen-bond donors (Lipinski definition) is 0. The van der Waals surface area contributed by atoms with Gasteiger partial charge in [-0.3, -0.25) is 0 Å². The number of aromatic nitrogens is 2. The molecule has 0 N–H and O–H groups in total. The van der Waals surface area contributed by atoms with Gasteiger partial charge in [-0.2, -0.15) is 0 Å². The molecule has 1 unspecified atom stereocenters. The lowest BCUT2D eigenvalue weighted by molar-refractivity contribution is 0.529. The first kappa shape index (κ1) is 19.2. The van der Waals surface area contributed by atoms with Crippen LogP contribution in [0, 0.1) is 24.5 Å². The van der Waals surface area contributed by atoms with E-state index in [4.69, 9.17) is 4.98 Å². The van der Waals surface area contributed by atoms with E-state index in [1.165, 1.54) is 25.0 Å². The van der Waals surface area contributed by atoms with Crippen LogP contribution in [0.4, 0.5) is 14.6 Å². The second kappa shape index (κ2) is 7.74. The van der Waals surface area contributed by atoms with Crippen LogP contribution in [0.1, 0.15) is 44.2 Å². The lowest BCUT2D eigenvalue weighted by Crippen LogP contribution is -2.21. The third kappa shape index (κ3) is 3.39. The highest BCUT2D eigenvalue weighted by Gasteiger charge is 2.26. The van der Waals surface area contributed by atoms with E-state index in [2.05, 4.69) is 22.2 Å². The number of fused-ring (bicyclic) bond motifs is 1. The predicted octanol–water partition coefficient (Wildman–Crippen LogP) is 6.13. The molecule has 0 amide bonds. The van der Waals surface area contributed by atoms with E-state index >= 15 is 0 Å². The number of rotatable bonds is 5. The van der Waals surface area contributed by atoms with E-state index in [-0.39, 0.29) is 11.4 Å². The third-order valence-electron chi connectivity index (χ3n) is 5.61. The van der Waals surface area contributed by atoms with Crippen molar-refractivity contribution in [2.45, 2.75) is 46.5 Å². The Morgan fingerprint density at radius 2 is 2.00 bits per heavy atom. The third-order valence-corrected chi connectivity index (χ3v) is 6.70. The van der Waals surface area contributed by atoms with Crippen LogP contribution >= 0.6 is 11.3 Å². The summed E-state index contributed by atoms with van der Waals surface area (Å²) in [6, 6.07) is 2.51. The molecule has 4 rings (SSSR count). The minimum atomic E-state index is -0.471. The number of hydrogen-bond acceptors (Lipinski definition) is 4. The summed E-state index contributed by atoms with van der Waals surface area (Å²) in [5, 5.41) is 2.06. The molecule has 2 aromatic heterocycles. The monoisotopic (exact) mass is 401 g/mol. The largest absolute Gasteiger partial charge is 0.355 e. The number of benzene rings is 1. The molecule has 0 saturated carbocycles. The number of aryl methyl sites for hydroxylation is 2. The SMILES string of the molecule is CCCC1CCN(c2nc(-c3cc(F)c(CC)cc3F)nc3c(C)csc23)C1. The summed E-state index contributed by atoms with van der Waals surface area (Å²) < 4.78 is 30.1. The van der Waals surface area contributed by atoms with Gasteiger partial charge in [-0.15, -0.1) is 11.3 Å².